The lowest BCUT2D eigenvalue weighted by Crippen LogP contribution is -1.89. The number of H-pyrrole nitrogens is 1. The highest BCUT2D eigenvalue weighted by Gasteiger charge is 1.98. The molecule has 2 nitrogen and oxygen atoms in total. The van der Waals surface area contributed by atoms with Gasteiger partial charge in [-0.05, 0) is 24.1 Å². The van der Waals surface area contributed by atoms with Gasteiger partial charge in [-0.15, -0.1) is 11.6 Å². The molecule has 0 atom stereocenters. The van der Waals surface area contributed by atoms with Crippen LogP contribution in [0.4, 0.5) is 0 Å². The first-order chi connectivity index (χ1) is 7.29. The van der Waals surface area contributed by atoms with Gasteiger partial charge in [0.05, 0.1) is 10.2 Å². The van der Waals surface area contributed by atoms with Crippen LogP contribution in [0.1, 0.15) is 12.0 Å². The van der Waals surface area contributed by atoms with Gasteiger partial charge in [0.2, 0.25) is 0 Å². The molecule has 0 unspecified atom stereocenters. The Morgan fingerprint density at radius 3 is 3.13 bits per heavy atom. The van der Waals surface area contributed by atoms with E-state index in [0.29, 0.717) is 5.88 Å². The molecule has 0 amide bonds. The molecular weight excluding hydrogens is 230 g/mol. The Bertz CT molecular complexity index is 541. The summed E-state index contributed by atoms with van der Waals surface area (Å²) >= 11 is 6.81. The molecule has 1 heterocycles. The van der Waals surface area contributed by atoms with Gasteiger partial charge in [-0.3, -0.25) is 4.79 Å². The van der Waals surface area contributed by atoms with Crippen LogP contribution >= 0.6 is 22.9 Å². The average Bonchev–Trinajstić information content (AvgIpc) is 2.57. The highest BCUT2D eigenvalue weighted by molar-refractivity contribution is 7.16. The third kappa shape index (κ3) is 2.49. The van der Waals surface area contributed by atoms with E-state index in [2.05, 4.69) is 4.98 Å². The predicted octanol–water partition coefficient (Wildman–Crippen LogP) is 3.23. The van der Waals surface area contributed by atoms with Gasteiger partial charge in [-0.1, -0.05) is 29.6 Å². The Morgan fingerprint density at radius 2 is 2.33 bits per heavy atom. The van der Waals surface area contributed by atoms with Crippen molar-refractivity contribution in [2.24, 2.45) is 0 Å². The molecule has 0 fully saturated rings. The van der Waals surface area contributed by atoms with Gasteiger partial charge < -0.3 is 4.98 Å². The molecule has 1 N–H and O–H groups in total. The van der Waals surface area contributed by atoms with Crippen molar-refractivity contribution in [2.45, 2.75) is 6.42 Å². The van der Waals surface area contributed by atoms with E-state index in [-0.39, 0.29) is 4.87 Å². The first-order valence-corrected chi connectivity index (χ1v) is 6.00. The molecule has 0 bridgehead atoms. The molecule has 2 aromatic rings. The normalized spacial score (nSPS) is 11.5. The van der Waals surface area contributed by atoms with E-state index in [1.807, 2.05) is 30.4 Å². The van der Waals surface area contributed by atoms with Crippen molar-refractivity contribution in [3.05, 3.63) is 39.5 Å². The maximum absolute atomic E-state index is 11.1. The Labute approximate surface area is 96.2 Å². The van der Waals surface area contributed by atoms with Crippen LogP contribution in [0.2, 0.25) is 0 Å². The number of rotatable bonds is 3. The molecule has 0 saturated heterocycles. The summed E-state index contributed by atoms with van der Waals surface area (Å²) in [7, 11) is 0. The smallest absolute Gasteiger partial charge is 0.305 e. The van der Waals surface area contributed by atoms with E-state index in [1.165, 1.54) is 11.3 Å². The highest BCUT2D eigenvalue weighted by atomic mass is 35.5. The average molecular weight is 240 g/mol. The SMILES string of the molecule is O=c1[nH]c2ccc(C=CCCCl)cc2s1. The van der Waals surface area contributed by atoms with Gasteiger partial charge >= 0.3 is 4.87 Å². The lowest BCUT2D eigenvalue weighted by Gasteiger charge is -1.93. The van der Waals surface area contributed by atoms with Crippen LogP contribution in [0.15, 0.2) is 29.1 Å². The van der Waals surface area contributed by atoms with Gasteiger partial charge in [-0.25, -0.2) is 0 Å². The van der Waals surface area contributed by atoms with Gasteiger partial charge in [0, 0.05) is 5.88 Å². The third-order valence-electron chi connectivity index (χ3n) is 2.03. The number of hydrogen-bond acceptors (Lipinski definition) is 2. The molecular formula is C11H10ClNOS. The van der Waals surface area contributed by atoms with E-state index in [9.17, 15) is 4.79 Å². The second-order valence-electron chi connectivity index (χ2n) is 3.15. The molecule has 0 aliphatic heterocycles. The molecule has 0 saturated carbocycles. The molecule has 1 aromatic carbocycles. The van der Waals surface area contributed by atoms with Crippen LogP contribution in [0.5, 0.6) is 0 Å². The summed E-state index contributed by atoms with van der Waals surface area (Å²) in [5.41, 5.74) is 2.00. The number of aromatic nitrogens is 1. The maximum Gasteiger partial charge on any atom is 0.305 e. The van der Waals surface area contributed by atoms with Crippen molar-refractivity contribution < 1.29 is 0 Å². The van der Waals surface area contributed by atoms with Crippen molar-refractivity contribution in [3.63, 3.8) is 0 Å². The fourth-order valence-corrected chi connectivity index (χ4v) is 2.26. The number of aromatic amines is 1. The summed E-state index contributed by atoms with van der Waals surface area (Å²) in [5, 5.41) is 0. The van der Waals surface area contributed by atoms with Crippen LogP contribution in [-0.2, 0) is 0 Å². The van der Waals surface area contributed by atoms with E-state index in [4.69, 9.17) is 11.6 Å². The number of benzene rings is 1. The summed E-state index contributed by atoms with van der Waals surface area (Å²) in [5.74, 6) is 0.635. The van der Waals surface area contributed by atoms with Crippen molar-refractivity contribution in [1.29, 1.82) is 0 Å². The minimum Gasteiger partial charge on any atom is -0.312 e. The number of allylic oxidation sites excluding steroid dienone is 1. The van der Waals surface area contributed by atoms with E-state index < -0.39 is 0 Å². The van der Waals surface area contributed by atoms with Gasteiger partial charge in [0.15, 0.2) is 0 Å². The lowest BCUT2D eigenvalue weighted by atomic mass is 10.2. The minimum atomic E-state index is -0.00751. The Hall–Kier alpha value is -1.06. The van der Waals surface area contributed by atoms with Gasteiger partial charge in [0.25, 0.3) is 0 Å². The van der Waals surface area contributed by atoms with Crippen molar-refractivity contribution >= 4 is 39.2 Å². The molecule has 15 heavy (non-hydrogen) atoms. The monoisotopic (exact) mass is 239 g/mol. The van der Waals surface area contributed by atoms with Crippen LogP contribution in [0, 0.1) is 0 Å². The molecule has 78 valence electrons. The number of fused-ring (bicyclic) bond motifs is 1. The minimum absolute atomic E-state index is 0.00751. The maximum atomic E-state index is 11.1. The quantitative estimate of drug-likeness (QED) is 0.820. The molecule has 0 spiro atoms. The van der Waals surface area contributed by atoms with Crippen LogP contribution in [0.3, 0.4) is 0 Å². The fourth-order valence-electron chi connectivity index (χ4n) is 1.35. The number of hydrogen-bond donors (Lipinski definition) is 1. The molecule has 0 radical (unpaired) electrons. The Morgan fingerprint density at radius 1 is 1.47 bits per heavy atom. The van der Waals surface area contributed by atoms with E-state index >= 15 is 0 Å². The second-order valence-corrected chi connectivity index (χ2v) is 4.54. The molecule has 2 rings (SSSR count). The summed E-state index contributed by atoms with van der Waals surface area (Å²) < 4.78 is 0.994. The summed E-state index contributed by atoms with van der Waals surface area (Å²) in [6.07, 6.45) is 4.92. The Balaban J connectivity index is 2.34. The number of thiazole rings is 1. The van der Waals surface area contributed by atoms with Crippen LogP contribution < -0.4 is 4.87 Å². The van der Waals surface area contributed by atoms with Crippen molar-refractivity contribution in [2.75, 3.05) is 5.88 Å². The zero-order valence-electron chi connectivity index (χ0n) is 8.00. The Kier molecular flexibility index (Phi) is 3.23. The van der Waals surface area contributed by atoms with Gasteiger partial charge in [0.1, 0.15) is 0 Å². The first kappa shape index (κ1) is 10.5. The van der Waals surface area contributed by atoms with E-state index in [1.54, 1.807) is 0 Å². The first-order valence-electron chi connectivity index (χ1n) is 4.65. The number of halogens is 1. The number of nitrogens with one attached hydrogen (secondary N) is 1. The second kappa shape index (κ2) is 4.64. The van der Waals surface area contributed by atoms with Crippen molar-refractivity contribution in [1.82, 2.24) is 4.98 Å². The largest absolute Gasteiger partial charge is 0.312 e. The van der Waals surface area contributed by atoms with Crippen molar-refractivity contribution in [3.8, 4) is 0 Å². The fraction of sp³-hybridized carbons (Fsp3) is 0.182. The summed E-state index contributed by atoms with van der Waals surface area (Å²) in [6, 6.07) is 5.91. The number of alkyl halides is 1. The van der Waals surface area contributed by atoms with E-state index in [0.717, 1.165) is 22.2 Å². The molecule has 1 aromatic heterocycles. The molecule has 4 heteroatoms. The third-order valence-corrected chi connectivity index (χ3v) is 3.09. The highest BCUT2D eigenvalue weighted by Crippen LogP contribution is 2.17. The zero-order valence-corrected chi connectivity index (χ0v) is 9.57. The summed E-state index contributed by atoms with van der Waals surface area (Å²) in [6.45, 7) is 0. The standard InChI is InChI=1S/C11H10ClNOS/c12-6-2-1-3-8-4-5-9-10(7-8)15-11(14)13-9/h1,3-5,7H,2,6H2,(H,13,14). The van der Waals surface area contributed by atoms with Crippen LogP contribution in [0.25, 0.3) is 16.3 Å². The molecule has 0 aliphatic rings. The topological polar surface area (TPSA) is 32.9 Å². The van der Waals surface area contributed by atoms with Gasteiger partial charge in [-0.2, -0.15) is 0 Å². The lowest BCUT2D eigenvalue weighted by molar-refractivity contribution is 1.24. The predicted molar refractivity (Wildman–Crippen MR) is 66.8 cm³/mol. The van der Waals surface area contributed by atoms with Crippen LogP contribution in [-0.4, -0.2) is 10.9 Å². The molecule has 0 aliphatic carbocycles. The summed E-state index contributed by atoms with van der Waals surface area (Å²) in [4.78, 5) is 13.9. The zero-order chi connectivity index (χ0) is 10.7.